The summed E-state index contributed by atoms with van der Waals surface area (Å²) in [6, 6.07) is 10.3. The molecule has 7 heteroatoms. The van der Waals surface area contributed by atoms with E-state index in [4.69, 9.17) is 4.74 Å². The maximum atomic E-state index is 12.3. The summed E-state index contributed by atoms with van der Waals surface area (Å²) in [6.07, 6.45) is -0.724. The Morgan fingerprint density at radius 2 is 2.12 bits per heavy atom. The topological polar surface area (TPSA) is 66.8 Å². The van der Waals surface area contributed by atoms with Gasteiger partial charge in [-0.25, -0.2) is 4.79 Å². The fourth-order valence-corrected chi connectivity index (χ4v) is 5.43. The van der Waals surface area contributed by atoms with Gasteiger partial charge in [-0.3, -0.25) is 4.79 Å². The molecule has 2 heterocycles. The molecule has 1 fully saturated rings. The molecule has 0 unspecified atom stereocenters. The molecule has 3 rings (SSSR count). The molecule has 1 aromatic carbocycles. The van der Waals surface area contributed by atoms with Crippen molar-refractivity contribution in [1.29, 1.82) is 0 Å². The van der Waals surface area contributed by atoms with Crippen LogP contribution in [-0.4, -0.2) is 39.3 Å². The standard InChI is InChI=1S/C18H21NO4S2/c1-11-14-8-15(21)19(14)16(18(22)23-12(2)20)17(11)25-10-24-9-13-6-4-3-5-7-13/h3-7,11-12,14,20H,8-10H2,1-2H3/t11-,12-,14+/m1/s1. The van der Waals surface area contributed by atoms with Gasteiger partial charge < -0.3 is 14.7 Å². The van der Waals surface area contributed by atoms with Crippen molar-refractivity contribution >= 4 is 35.4 Å². The van der Waals surface area contributed by atoms with Crippen LogP contribution in [-0.2, 0) is 20.1 Å². The first-order valence-electron chi connectivity index (χ1n) is 8.18. The number of ether oxygens (including phenoxy) is 1. The van der Waals surface area contributed by atoms with Crippen molar-refractivity contribution in [2.75, 3.05) is 5.08 Å². The molecule has 0 saturated carbocycles. The van der Waals surface area contributed by atoms with Gasteiger partial charge in [0, 0.05) is 28.1 Å². The molecule has 0 aromatic heterocycles. The predicted molar refractivity (Wildman–Crippen MR) is 99.4 cm³/mol. The number of esters is 1. The van der Waals surface area contributed by atoms with E-state index in [0.29, 0.717) is 12.1 Å². The molecule has 0 bridgehead atoms. The van der Waals surface area contributed by atoms with E-state index >= 15 is 0 Å². The number of hydrogen-bond acceptors (Lipinski definition) is 6. The number of thioether (sulfide) groups is 2. The number of rotatable bonds is 7. The molecule has 2 aliphatic heterocycles. The number of hydrogen-bond donors (Lipinski definition) is 1. The highest BCUT2D eigenvalue weighted by Gasteiger charge is 2.52. The van der Waals surface area contributed by atoms with E-state index < -0.39 is 12.3 Å². The van der Waals surface area contributed by atoms with Crippen molar-refractivity contribution in [3.8, 4) is 0 Å². The van der Waals surface area contributed by atoms with Gasteiger partial charge in [0.1, 0.15) is 5.70 Å². The molecule has 2 aliphatic rings. The number of benzene rings is 1. The first-order chi connectivity index (χ1) is 12.0. The molecule has 5 nitrogen and oxygen atoms in total. The van der Waals surface area contributed by atoms with Crippen molar-refractivity contribution in [3.63, 3.8) is 0 Å². The molecule has 0 spiro atoms. The van der Waals surface area contributed by atoms with Crippen LogP contribution in [0.4, 0.5) is 0 Å². The Morgan fingerprint density at radius 3 is 2.76 bits per heavy atom. The highest BCUT2D eigenvalue weighted by Crippen LogP contribution is 2.47. The van der Waals surface area contributed by atoms with Crippen LogP contribution in [0.2, 0.25) is 0 Å². The van der Waals surface area contributed by atoms with Gasteiger partial charge in [0.15, 0.2) is 6.29 Å². The lowest BCUT2D eigenvalue weighted by atomic mass is 9.94. The van der Waals surface area contributed by atoms with Gasteiger partial charge >= 0.3 is 5.97 Å². The second-order valence-corrected chi connectivity index (χ2v) is 8.51. The van der Waals surface area contributed by atoms with Crippen LogP contribution in [0, 0.1) is 5.92 Å². The first kappa shape index (κ1) is 18.4. The third kappa shape index (κ3) is 3.88. The molecule has 1 amide bonds. The van der Waals surface area contributed by atoms with Crippen LogP contribution in [0.3, 0.4) is 0 Å². The van der Waals surface area contributed by atoms with Crippen molar-refractivity contribution in [2.45, 2.75) is 38.4 Å². The van der Waals surface area contributed by atoms with E-state index in [1.165, 1.54) is 12.5 Å². The first-order valence-corrected chi connectivity index (χ1v) is 10.3. The van der Waals surface area contributed by atoms with E-state index in [0.717, 1.165) is 15.7 Å². The van der Waals surface area contributed by atoms with E-state index in [1.807, 2.05) is 25.1 Å². The number of aliphatic hydroxyl groups excluding tert-OH is 1. The molecule has 1 N–H and O–H groups in total. The summed E-state index contributed by atoms with van der Waals surface area (Å²) >= 11 is 3.36. The average Bonchev–Trinajstić information content (AvgIpc) is 2.79. The van der Waals surface area contributed by atoms with Crippen LogP contribution in [0.15, 0.2) is 40.9 Å². The van der Waals surface area contributed by atoms with Crippen LogP contribution in [0.25, 0.3) is 0 Å². The van der Waals surface area contributed by atoms with E-state index in [2.05, 4.69) is 12.1 Å². The summed E-state index contributed by atoms with van der Waals surface area (Å²) in [5.74, 6) is 0.348. The Morgan fingerprint density at radius 1 is 1.40 bits per heavy atom. The zero-order valence-corrected chi connectivity index (χ0v) is 15.8. The van der Waals surface area contributed by atoms with Crippen molar-refractivity contribution in [1.82, 2.24) is 4.90 Å². The zero-order valence-electron chi connectivity index (χ0n) is 14.2. The van der Waals surface area contributed by atoms with Gasteiger partial charge in [0.25, 0.3) is 0 Å². The molecule has 0 aliphatic carbocycles. The van der Waals surface area contributed by atoms with Crippen molar-refractivity contribution in [3.05, 3.63) is 46.5 Å². The fourth-order valence-electron chi connectivity index (χ4n) is 3.09. The van der Waals surface area contributed by atoms with E-state index in [-0.39, 0.29) is 17.9 Å². The minimum absolute atomic E-state index is 0.0469. The van der Waals surface area contributed by atoms with E-state index in [9.17, 15) is 14.7 Å². The van der Waals surface area contributed by atoms with E-state index in [1.54, 1.807) is 28.4 Å². The van der Waals surface area contributed by atoms with Gasteiger partial charge in [-0.05, 0) is 12.5 Å². The lowest BCUT2D eigenvalue weighted by molar-refractivity contribution is -0.165. The largest absolute Gasteiger partial charge is 0.432 e. The second kappa shape index (κ2) is 7.85. The molecule has 3 atom stereocenters. The van der Waals surface area contributed by atoms with Crippen molar-refractivity contribution in [2.24, 2.45) is 5.92 Å². The SMILES string of the molecule is C[C@H](O)OC(=O)C1=C(SCSCc2ccccc2)[C@H](C)[C@@H]2CC(=O)N12. The van der Waals surface area contributed by atoms with Gasteiger partial charge in [-0.1, -0.05) is 37.3 Å². The number of amides is 1. The average molecular weight is 380 g/mol. The molecular weight excluding hydrogens is 358 g/mol. The summed E-state index contributed by atoms with van der Waals surface area (Å²) in [6.45, 7) is 3.42. The quantitative estimate of drug-likeness (QED) is 0.340. The maximum Gasteiger partial charge on any atom is 0.358 e. The fraction of sp³-hybridized carbons (Fsp3) is 0.444. The van der Waals surface area contributed by atoms with Crippen LogP contribution < -0.4 is 0 Å². The summed E-state index contributed by atoms with van der Waals surface area (Å²) in [4.78, 5) is 26.7. The molecular formula is C18H21NO4S2. The minimum atomic E-state index is -1.19. The van der Waals surface area contributed by atoms with Crippen LogP contribution in [0.5, 0.6) is 0 Å². The minimum Gasteiger partial charge on any atom is -0.432 e. The number of nitrogens with zero attached hydrogens (tertiary/aromatic N) is 1. The molecule has 0 radical (unpaired) electrons. The normalized spacial score (nSPS) is 23.3. The summed E-state index contributed by atoms with van der Waals surface area (Å²) in [7, 11) is 0. The number of β-lactam (4-membered cyclic amide) rings is 1. The zero-order chi connectivity index (χ0) is 18.0. The van der Waals surface area contributed by atoms with Crippen LogP contribution in [0.1, 0.15) is 25.8 Å². The summed E-state index contributed by atoms with van der Waals surface area (Å²) in [5.41, 5.74) is 1.58. The third-order valence-electron chi connectivity index (χ3n) is 4.33. The molecule has 1 saturated heterocycles. The van der Waals surface area contributed by atoms with Crippen LogP contribution >= 0.6 is 23.5 Å². The number of fused-ring (bicyclic) bond motifs is 1. The lowest BCUT2D eigenvalue weighted by Gasteiger charge is -2.37. The number of carbonyl (C=O) groups excluding carboxylic acids is 2. The molecule has 1 aromatic rings. The maximum absolute atomic E-state index is 12.3. The summed E-state index contributed by atoms with van der Waals surface area (Å²) < 4.78 is 4.93. The Hall–Kier alpha value is -1.44. The van der Waals surface area contributed by atoms with Gasteiger partial charge in [0.2, 0.25) is 5.91 Å². The van der Waals surface area contributed by atoms with Gasteiger partial charge in [-0.15, -0.1) is 23.5 Å². The molecule has 25 heavy (non-hydrogen) atoms. The monoisotopic (exact) mass is 379 g/mol. The highest BCUT2D eigenvalue weighted by molar-refractivity contribution is 8.17. The Kier molecular flexibility index (Phi) is 5.76. The Bertz CT molecular complexity index is 690. The van der Waals surface area contributed by atoms with Gasteiger partial charge in [-0.2, -0.15) is 0 Å². The van der Waals surface area contributed by atoms with Crippen molar-refractivity contribution < 1.29 is 19.4 Å². The Balaban J connectivity index is 1.66. The van der Waals surface area contributed by atoms with Gasteiger partial charge in [0.05, 0.1) is 6.04 Å². The smallest absolute Gasteiger partial charge is 0.358 e. The number of aliphatic hydroxyl groups is 1. The Labute approximate surface area is 155 Å². The second-order valence-electron chi connectivity index (χ2n) is 6.14. The molecule has 134 valence electrons. The lowest BCUT2D eigenvalue weighted by Crippen LogP contribution is -2.52. The number of carbonyl (C=O) groups is 2. The highest BCUT2D eigenvalue weighted by atomic mass is 32.2. The summed E-state index contributed by atoms with van der Waals surface area (Å²) in [5, 5.41) is 10.1. The predicted octanol–water partition coefficient (Wildman–Crippen LogP) is 2.95. The third-order valence-corrected chi connectivity index (χ3v) is 6.88.